The van der Waals surface area contributed by atoms with Gasteiger partial charge in [0, 0.05) is 35.2 Å². The fourth-order valence-corrected chi connectivity index (χ4v) is 3.69. The first-order valence-corrected chi connectivity index (χ1v) is 8.18. The largest absolute Gasteiger partial charge is 0.497 e. The average Bonchev–Trinajstić information content (AvgIpc) is 3.27. The molecule has 2 atom stereocenters. The molecule has 1 saturated carbocycles. The number of hydrogen-bond acceptors (Lipinski definition) is 3. The molecule has 3 nitrogen and oxygen atoms in total. The van der Waals surface area contributed by atoms with E-state index >= 15 is 0 Å². The van der Waals surface area contributed by atoms with Crippen LogP contribution in [0.4, 0.5) is 5.69 Å². The van der Waals surface area contributed by atoms with Gasteiger partial charge in [0.2, 0.25) is 0 Å². The minimum Gasteiger partial charge on any atom is -0.497 e. The zero-order valence-corrected chi connectivity index (χ0v) is 14.0. The van der Waals surface area contributed by atoms with E-state index in [0.29, 0.717) is 6.04 Å². The number of nitrogens with zero attached hydrogens (tertiary/aromatic N) is 1. The smallest absolute Gasteiger partial charge is 0.121 e. The van der Waals surface area contributed by atoms with E-state index in [2.05, 4.69) is 52.1 Å². The van der Waals surface area contributed by atoms with Crippen LogP contribution in [0.25, 0.3) is 0 Å². The summed E-state index contributed by atoms with van der Waals surface area (Å²) in [6.45, 7) is 6.75. The van der Waals surface area contributed by atoms with Crippen molar-refractivity contribution in [2.75, 3.05) is 25.1 Å². The highest BCUT2D eigenvalue weighted by Crippen LogP contribution is 2.43. The van der Waals surface area contributed by atoms with Crippen LogP contribution in [-0.2, 0) is 0 Å². The molecule has 0 aromatic heterocycles. The van der Waals surface area contributed by atoms with Gasteiger partial charge >= 0.3 is 0 Å². The van der Waals surface area contributed by atoms with Crippen LogP contribution in [0.3, 0.4) is 0 Å². The Morgan fingerprint density at radius 3 is 2.80 bits per heavy atom. The molecular weight excluding hydrogens is 316 g/mol. The van der Waals surface area contributed by atoms with Gasteiger partial charge in [-0.1, -0.05) is 0 Å². The number of ether oxygens (including phenoxy) is 1. The molecule has 3 rings (SSSR count). The van der Waals surface area contributed by atoms with Crippen molar-refractivity contribution in [3.8, 4) is 5.75 Å². The summed E-state index contributed by atoms with van der Waals surface area (Å²) in [4.78, 5) is 2.52. The lowest BCUT2D eigenvalue weighted by Gasteiger charge is -2.47. The number of nitrogens with one attached hydrogen (secondary N) is 1. The van der Waals surface area contributed by atoms with Gasteiger partial charge in [-0.3, -0.25) is 0 Å². The van der Waals surface area contributed by atoms with Gasteiger partial charge in [0.15, 0.2) is 0 Å². The van der Waals surface area contributed by atoms with Gasteiger partial charge in [0.05, 0.1) is 12.8 Å². The van der Waals surface area contributed by atoms with E-state index in [-0.39, 0.29) is 5.54 Å². The molecule has 1 saturated heterocycles. The highest BCUT2D eigenvalue weighted by Gasteiger charge is 2.45. The quantitative estimate of drug-likeness (QED) is 0.913. The summed E-state index contributed by atoms with van der Waals surface area (Å²) in [5.74, 6) is 1.75. The number of piperazine rings is 1. The fourth-order valence-electron chi connectivity index (χ4n) is 3.21. The van der Waals surface area contributed by atoms with Crippen molar-refractivity contribution in [3.63, 3.8) is 0 Å². The van der Waals surface area contributed by atoms with Crippen molar-refractivity contribution >= 4 is 21.6 Å². The zero-order valence-electron chi connectivity index (χ0n) is 12.4. The van der Waals surface area contributed by atoms with Gasteiger partial charge in [-0.15, -0.1) is 0 Å². The van der Waals surface area contributed by atoms with Crippen molar-refractivity contribution in [2.24, 2.45) is 5.92 Å². The van der Waals surface area contributed by atoms with Gasteiger partial charge in [0.25, 0.3) is 0 Å². The third-order valence-electron chi connectivity index (χ3n) is 4.77. The van der Waals surface area contributed by atoms with Gasteiger partial charge in [0.1, 0.15) is 5.75 Å². The second-order valence-corrected chi connectivity index (χ2v) is 7.22. The molecule has 0 radical (unpaired) electrons. The molecule has 1 aromatic rings. The summed E-state index contributed by atoms with van der Waals surface area (Å²) in [6.07, 6.45) is 2.73. The van der Waals surface area contributed by atoms with Gasteiger partial charge < -0.3 is 15.0 Å². The summed E-state index contributed by atoms with van der Waals surface area (Å²) >= 11 is 3.70. The molecule has 1 aliphatic carbocycles. The molecule has 1 aromatic carbocycles. The third kappa shape index (κ3) is 2.56. The molecule has 2 unspecified atom stereocenters. The van der Waals surface area contributed by atoms with E-state index in [0.717, 1.165) is 29.2 Å². The fraction of sp³-hybridized carbons (Fsp3) is 0.625. The van der Waals surface area contributed by atoms with Gasteiger partial charge in [-0.2, -0.15) is 0 Å². The Kier molecular flexibility index (Phi) is 3.71. The Morgan fingerprint density at radius 1 is 1.40 bits per heavy atom. The number of benzene rings is 1. The highest BCUT2D eigenvalue weighted by atomic mass is 79.9. The zero-order chi connectivity index (χ0) is 14.3. The van der Waals surface area contributed by atoms with E-state index in [9.17, 15) is 0 Å². The molecular formula is C16H23BrN2O. The monoisotopic (exact) mass is 338 g/mol. The second kappa shape index (κ2) is 5.23. The number of hydrogen-bond donors (Lipinski definition) is 1. The van der Waals surface area contributed by atoms with Crippen LogP contribution in [0.5, 0.6) is 5.75 Å². The first-order chi connectivity index (χ1) is 9.53. The molecule has 0 spiro atoms. The predicted octanol–water partition coefficient (Wildman–Crippen LogP) is 3.42. The minimum atomic E-state index is 0.245. The lowest BCUT2D eigenvalue weighted by molar-refractivity contribution is 0.260. The molecule has 0 amide bonds. The standard InChI is InChI=1S/C16H23BrN2O/c1-11-9-18-16(2,12-4-5-12)10-19(11)15-8-13(20-3)6-7-14(15)17/h6-8,11-12,18H,4-5,9-10H2,1-3H3. The molecule has 0 bridgehead atoms. The number of halogens is 1. The number of methoxy groups -OCH3 is 1. The van der Waals surface area contributed by atoms with Gasteiger partial charge in [-0.05, 0) is 60.7 Å². The molecule has 110 valence electrons. The summed E-state index contributed by atoms with van der Waals surface area (Å²) in [7, 11) is 1.72. The number of anilines is 1. The molecule has 1 aliphatic heterocycles. The van der Waals surface area contributed by atoms with Crippen LogP contribution in [0, 0.1) is 5.92 Å². The van der Waals surface area contributed by atoms with E-state index in [1.54, 1.807) is 7.11 Å². The SMILES string of the molecule is COc1ccc(Br)c(N2CC(C)(C3CC3)NCC2C)c1. The van der Waals surface area contributed by atoms with Crippen molar-refractivity contribution in [1.29, 1.82) is 0 Å². The first kappa shape index (κ1) is 14.2. The van der Waals surface area contributed by atoms with Crippen molar-refractivity contribution in [3.05, 3.63) is 22.7 Å². The Hall–Kier alpha value is -0.740. The molecule has 4 heteroatoms. The summed E-state index contributed by atoms with van der Waals surface area (Å²) in [6, 6.07) is 6.71. The van der Waals surface area contributed by atoms with E-state index in [4.69, 9.17) is 4.74 Å². The molecule has 1 heterocycles. The summed E-state index contributed by atoms with van der Waals surface area (Å²) < 4.78 is 6.53. The molecule has 2 aliphatic rings. The van der Waals surface area contributed by atoms with Crippen LogP contribution >= 0.6 is 15.9 Å². The second-order valence-electron chi connectivity index (χ2n) is 6.37. The topological polar surface area (TPSA) is 24.5 Å². The Labute approximate surface area is 129 Å². The van der Waals surface area contributed by atoms with Crippen molar-refractivity contribution < 1.29 is 4.74 Å². The summed E-state index contributed by atoms with van der Waals surface area (Å²) in [5, 5.41) is 3.77. The minimum absolute atomic E-state index is 0.245. The average molecular weight is 339 g/mol. The highest BCUT2D eigenvalue weighted by molar-refractivity contribution is 9.10. The van der Waals surface area contributed by atoms with E-state index < -0.39 is 0 Å². The first-order valence-electron chi connectivity index (χ1n) is 7.39. The van der Waals surface area contributed by atoms with Crippen LogP contribution in [0.15, 0.2) is 22.7 Å². The van der Waals surface area contributed by atoms with Gasteiger partial charge in [-0.25, -0.2) is 0 Å². The molecule has 1 N–H and O–H groups in total. The Morgan fingerprint density at radius 2 is 2.15 bits per heavy atom. The normalized spacial score (nSPS) is 30.4. The van der Waals surface area contributed by atoms with E-state index in [1.165, 1.54) is 18.5 Å². The lowest BCUT2D eigenvalue weighted by Crippen LogP contribution is -2.63. The van der Waals surface area contributed by atoms with Crippen molar-refractivity contribution in [2.45, 2.75) is 38.3 Å². The van der Waals surface area contributed by atoms with Crippen LogP contribution < -0.4 is 15.0 Å². The Bertz CT molecular complexity index is 503. The predicted molar refractivity (Wildman–Crippen MR) is 86.6 cm³/mol. The lowest BCUT2D eigenvalue weighted by atomic mass is 9.91. The molecule has 2 fully saturated rings. The third-order valence-corrected chi connectivity index (χ3v) is 5.44. The maximum atomic E-state index is 5.38. The Balaban J connectivity index is 1.90. The molecule has 20 heavy (non-hydrogen) atoms. The van der Waals surface area contributed by atoms with Crippen LogP contribution in [-0.4, -0.2) is 31.8 Å². The van der Waals surface area contributed by atoms with Crippen molar-refractivity contribution in [1.82, 2.24) is 5.32 Å². The van der Waals surface area contributed by atoms with Crippen LogP contribution in [0.1, 0.15) is 26.7 Å². The number of rotatable bonds is 3. The maximum absolute atomic E-state index is 5.38. The maximum Gasteiger partial charge on any atom is 0.121 e. The summed E-state index contributed by atoms with van der Waals surface area (Å²) in [5.41, 5.74) is 1.49. The van der Waals surface area contributed by atoms with Crippen LogP contribution in [0.2, 0.25) is 0 Å². The van der Waals surface area contributed by atoms with E-state index in [1.807, 2.05) is 6.07 Å².